The normalized spacial score (nSPS) is 25.5. The van der Waals surface area contributed by atoms with Crippen LogP contribution >= 0.6 is 0 Å². The maximum absolute atomic E-state index is 17.5. The number of hydrogen-bond donors (Lipinski definition) is 2. The second-order valence-electron chi connectivity index (χ2n) is 15.3. The third-order valence-corrected chi connectivity index (χ3v) is 11.4. The highest BCUT2D eigenvalue weighted by Gasteiger charge is 2.48. The summed E-state index contributed by atoms with van der Waals surface area (Å²) in [6, 6.07) is 8.63. The van der Waals surface area contributed by atoms with Crippen molar-refractivity contribution in [1.82, 2.24) is 20.2 Å². The van der Waals surface area contributed by atoms with Gasteiger partial charge in [0.15, 0.2) is 5.82 Å². The SMILES string of the molecule is C#Cc1c(F)ccc2cc(O)cc(-c3c(C(C)C)cc4c(N5CC6CCC(C5)N6)nc(OCC5(CN6CC7CC(C6)O7)CC5)nc4c3F)c12. The average molecular weight is 666 g/mol. The number of piperidine rings is 1. The molecule has 6 fully saturated rings. The van der Waals surface area contributed by atoms with Crippen molar-refractivity contribution < 1.29 is 23.4 Å². The zero-order valence-electron chi connectivity index (χ0n) is 27.9. The van der Waals surface area contributed by atoms with Crippen LogP contribution in [0.15, 0.2) is 30.3 Å². The number of piperazine rings is 1. The van der Waals surface area contributed by atoms with Crippen LogP contribution in [0, 0.1) is 29.4 Å². The van der Waals surface area contributed by atoms with Gasteiger partial charge in [-0.15, -0.1) is 6.42 Å². The molecular formula is C39H41F2N5O3. The van der Waals surface area contributed by atoms with Crippen molar-refractivity contribution in [2.45, 2.75) is 76.2 Å². The van der Waals surface area contributed by atoms with Gasteiger partial charge in [0.05, 0.1) is 24.4 Å². The number of morpholine rings is 1. The molecule has 4 atom stereocenters. The van der Waals surface area contributed by atoms with Crippen molar-refractivity contribution in [2.24, 2.45) is 5.41 Å². The fourth-order valence-corrected chi connectivity index (χ4v) is 8.76. The van der Waals surface area contributed by atoms with Gasteiger partial charge in [0.1, 0.15) is 22.9 Å². The van der Waals surface area contributed by atoms with Gasteiger partial charge in [-0.25, -0.2) is 8.78 Å². The Labute approximate surface area is 284 Å². The first-order chi connectivity index (χ1) is 23.7. The largest absolute Gasteiger partial charge is 0.508 e. The molecule has 6 aliphatic rings. The van der Waals surface area contributed by atoms with Crippen molar-refractivity contribution in [2.75, 3.05) is 44.2 Å². The molecule has 49 heavy (non-hydrogen) atoms. The minimum atomic E-state index is -0.578. The third kappa shape index (κ3) is 5.38. The molecule has 5 saturated heterocycles. The molecule has 10 rings (SSSR count). The number of phenols is 1. The summed E-state index contributed by atoms with van der Waals surface area (Å²) < 4.78 is 44.9. The van der Waals surface area contributed by atoms with Gasteiger partial charge in [0.2, 0.25) is 0 Å². The number of halogens is 2. The molecular weight excluding hydrogens is 624 g/mol. The summed E-state index contributed by atoms with van der Waals surface area (Å²) in [6.45, 7) is 8.82. The molecule has 10 heteroatoms. The number of nitrogens with one attached hydrogen (secondary N) is 1. The number of fused-ring (bicyclic) bond motifs is 6. The lowest BCUT2D eigenvalue weighted by molar-refractivity contribution is -0.183. The van der Waals surface area contributed by atoms with E-state index in [4.69, 9.17) is 25.9 Å². The first-order valence-corrected chi connectivity index (χ1v) is 17.6. The first kappa shape index (κ1) is 31.0. The van der Waals surface area contributed by atoms with Crippen molar-refractivity contribution in [3.05, 3.63) is 53.1 Å². The van der Waals surface area contributed by atoms with Crippen molar-refractivity contribution in [3.63, 3.8) is 0 Å². The molecule has 1 saturated carbocycles. The molecule has 5 aliphatic heterocycles. The van der Waals surface area contributed by atoms with Crippen LogP contribution in [0.4, 0.5) is 14.6 Å². The van der Waals surface area contributed by atoms with E-state index in [0.717, 1.165) is 64.8 Å². The molecule has 254 valence electrons. The van der Waals surface area contributed by atoms with Gasteiger partial charge in [-0.2, -0.15) is 9.97 Å². The number of terminal acetylenes is 1. The van der Waals surface area contributed by atoms with Crippen LogP contribution in [-0.2, 0) is 4.74 Å². The molecule has 3 aromatic carbocycles. The van der Waals surface area contributed by atoms with Crippen LogP contribution in [0.25, 0.3) is 32.8 Å². The summed E-state index contributed by atoms with van der Waals surface area (Å²) in [5.74, 6) is 1.80. The Hall–Kier alpha value is -4.04. The second-order valence-corrected chi connectivity index (χ2v) is 15.3. The smallest absolute Gasteiger partial charge is 0.319 e. The van der Waals surface area contributed by atoms with Crippen LogP contribution in [0.3, 0.4) is 0 Å². The predicted molar refractivity (Wildman–Crippen MR) is 185 cm³/mol. The number of phenolic OH excluding ortho intramolecular Hbond substituents is 1. The van der Waals surface area contributed by atoms with Crippen LogP contribution in [-0.4, -0.2) is 83.6 Å². The number of aromatic hydroxyl groups is 1. The molecule has 4 aromatic rings. The molecule has 1 aliphatic carbocycles. The lowest BCUT2D eigenvalue weighted by Crippen LogP contribution is -2.58. The van der Waals surface area contributed by atoms with Crippen LogP contribution < -0.4 is 15.0 Å². The number of ether oxygens (including phenoxy) is 2. The number of benzene rings is 3. The first-order valence-electron chi connectivity index (χ1n) is 17.6. The summed E-state index contributed by atoms with van der Waals surface area (Å²) in [5, 5.41) is 16.0. The van der Waals surface area contributed by atoms with Gasteiger partial charge in [0, 0.05) is 73.0 Å². The van der Waals surface area contributed by atoms with Gasteiger partial charge in [0.25, 0.3) is 0 Å². The summed E-state index contributed by atoms with van der Waals surface area (Å²) >= 11 is 0. The number of rotatable bonds is 8. The van der Waals surface area contributed by atoms with E-state index in [-0.39, 0.29) is 39.7 Å². The van der Waals surface area contributed by atoms with Gasteiger partial charge in [-0.1, -0.05) is 25.8 Å². The van der Waals surface area contributed by atoms with Crippen molar-refractivity contribution >= 4 is 27.5 Å². The number of anilines is 1. The van der Waals surface area contributed by atoms with Crippen molar-refractivity contribution in [3.8, 4) is 35.2 Å². The highest BCUT2D eigenvalue weighted by Crippen LogP contribution is 2.48. The second kappa shape index (κ2) is 11.5. The van der Waals surface area contributed by atoms with Gasteiger partial charge >= 0.3 is 6.01 Å². The van der Waals surface area contributed by atoms with Gasteiger partial charge in [-0.3, -0.25) is 4.90 Å². The third-order valence-electron chi connectivity index (χ3n) is 11.4. The molecule has 1 aromatic heterocycles. The molecule has 0 spiro atoms. The fourth-order valence-electron chi connectivity index (χ4n) is 8.76. The van der Waals surface area contributed by atoms with E-state index in [1.807, 2.05) is 19.9 Å². The molecule has 4 bridgehead atoms. The van der Waals surface area contributed by atoms with E-state index in [2.05, 4.69) is 21.0 Å². The maximum atomic E-state index is 17.5. The molecule has 0 radical (unpaired) electrons. The Kier molecular flexibility index (Phi) is 7.28. The lowest BCUT2D eigenvalue weighted by atomic mass is 9.86. The number of nitrogens with zero attached hydrogens (tertiary/aromatic N) is 4. The van der Waals surface area contributed by atoms with E-state index in [1.165, 1.54) is 18.2 Å². The van der Waals surface area contributed by atoms with E-state index in [9.17, 15) is 5.11 Å². The zero-order valence-corrected chi connectivity index (χ0v) is 27.9. The molecule has 0 amide bonds. The molecule has 4 unspecified atom stereocenters. The minimum Gasteiger partial charge on any atom is -0.508 e. The Morgan fingerprint density at radius 1 is 1.08 bits per heavy atom. The van der Waals surface area contributed by atoms with Crippen LogP contribution in [0.5, 0.6) is 11.8 Å². The average Bonchev–Trinajstić information content (AvgIpc) is 3.75. The van der Waals surface area contributed by atoms with Gasteiger partial charge in [-0.05, 0) is 72.4 Å². The van der Waals surface area contributed by atoms with Crippen molar-refractivity contribution in [1.29, 1.82) is 0 Å². The molecule has 2 N–H and O–H groups in total. The Morgan fingerprint density at radius 2 is 1.82 bits per heavy atom. The summed E-state index contributed by atoms with van der Waals surface area (Å²) in [6.07, 6.45) is 12.0. The predicted octanol–water partition coefficient (Wildman–Crippen LogP) is 6.11. The summed E-state index contributed by atoms with van der Waals surface area (Å²) in [7, 11) is 0. The Bertz CT molecular complexity index is 2010. The van der Waals surface area contributed by atoms with E-state index >= 15 is 8.78 Å². The van der Waals surface area contributed by atoms with E-state index in [1.54, 1.807) is 6.07 Å². The quantitative estimate of drug-likeness (QED) is 0.218. The number of hydrogen-bond acceptors (Lipinski definition) is 8. The van der Waals surface area contributed by atoms with Gasteiger partial charge < -0.3 is 24.8 Å². The van der Waals surface area contributed by atoms with E-state index in [0.29, 0.717) is 64.0 Å². The Morgan fingerprint density at radius 3 is 2.49 bits per heavy atom. The topological polar surface area (TPSA) is 83.0 Å². The zero-order chi connectivity index (χ0) is 33.6. The highest BCUT2D eigenvalue weighted by molar-refractivity contribution is 6.05. The Balaban J connectivity index is 1.18. The minimum absolute atomic E-state index is 0.0256. The summed E-state index contributed by atoms with van der Waals surface area (Å²) in [4.78, 5) is 14.5. The fraction of sp³-hybridized carbons (Fsp3) is 0.487. The monoisotopic (exact) mass is 665 g/mol. The van der Waals surface area contributed by atoms with E-state index < -0.39 is 11.6 Å². The lowest BCUT2D eigenvalue weighted by Gasteiger charge is -2.48. The van der Waals surface area contributed by atoms with Crippen LogP contribution in [0.1, 0.15) is 63.0 Å². The standard InChI is InChI=1S/C39H41F2N5O3/c1-4-28-32(40)8-5-22-11-25(47)12-30(33(22)28)34-29(21(2)3)14-31-36(35(34)41)43-38(44-37(31)46-15-23-6-7-24(16-46)42-23)48-20-39(9-10-39)19-45-17-26-13-27(18-45)49-26/h1,5,8,11-12,14,21,23-24,26-27,42,47H,6-7,9-10,13,15-20H2,2-3H3. The maximum Gasteiger partial charge on any atom is 0.319 e. The summed E-state index contributed by atoms with van der Waals surface area (Å²) in [5.41, 5.74) is 1.45. The molecule has 8 nitrogen and oxygen atoms in total. The number of aromatic nitrogens is 2. The molecule has 6 heterocycles. The highest BCUT2D eigenvalue weighted by atomic mass is 19.1. The van der Waals surface area contributed by atoms with Crippen LogP contribution in [0.2, 0.25) is 0 Å².